The highest BCUT2D eigenvalue weighted by Crippen LogP contribution is 2.27. The van der Waals surface area contributed by atoms with E-state index in [9.17, 15) is 0 Å². The summed E-state index contributed by atoms with van der Waals surface area (Å²) in [6, 6.07) is 9.24. The summed E-state index contributed by atoms with van der Waals surface area (Å²) in [6.07, 6.45) is 6.24. The zero-order valence-corrected chi connectivity index (χ0v) is 12.4. The fourth-order valence-electron chi connectivity index (χ4n) is 3.06. The molecule has 2 nitrogen and oxygen atoms in total. The number of hydrogen-bond donors (Lipinski definition) is 1. The molecule has 2 heteroatoms. The predicted molar refractivity (Wildman–Crippen MR) is 83.6 cm³/mol. The van der Waals surface area contributed by atoms with E-state index in [2.05, 4.69) is 43.0 Å². The Bertz CT molecular complexity index is 387. The minimum Gasteiger partial charge on any atom is -0.371 e. The van der Waals surface area contributed by atoms with Gasteiger partial charge in [0.15, 0.2) is 0 Å². The molecule has 106 valence electrons. The Morgan fingerprint density at radius 3 is 2.79 bits per heavy atom. The number of benzene rings is 1. The molecule has 0 saturated carbocycles. The highest BCUT2D eigenvalue weighted by atomic mass is 15.1. The summed E-state index contributed by atoms with van der Waals surface area (Å²) >= 11 is 0. The Morgan fingerprint density at radius 1 is 1.21 bits per heavy atom. The molecule has 1 aromatic carbocycles. The van der Waals surface area contributed by atoms with Gasteiger partial charge in [-0.05, 0) is 50.2 Å². The molecule has 0 aliphatic carbocycles. The van der Waals surface area contributed by atoms with Crippen LogP contribution in [0.4, 0.5) is 5.69 Å². The van der Waals surface area contributed by atoms with Crippen LogP contribution in [-0.4, -0.2) is 19.1 Å². The Labute approximate surface area is 118 Å². The van der Waals surface area contributed by atoms with Crippen molar-refractivity contribution >= 4 is 5.69 Å². The van der Waals surface area contributed by atoms with Crippen molar-refractivity contribution in [1.29, 1.82) is 0 Å². The molecule has 1 aromatic rings. The zero-order valence-electron chi connectivity index (χ0n) is 12.4. The van der Waals surface area contributed by atoms with Crippen molar-refractivity contribution in [3.05, 3.63) is 29.8 Å². The van der Waals surface area contributed by atoms with Crippen LogP contribution in [0.2, 0.25) is 0 Å². The highest BCUT2D eigenvalue weighted by Gasteiger charge is 2.17. The Morgan fingerprint density at radius 2 is 2.00 bits per heavy atom. The average Bonchev–Trinajstić information content (AvgIpc) is 2.39. The second kappa shape index (κ2) is 6.95. The predicted octanol–water partition coefficient (Wildman–Crippen LogP) is 3.59. The topological polar surface area (TPSA) is 29.3 Å². The van der Waals surface area contributed by atoms with Crippen LogP contribution in [0.5, 0.6) is 0 Å². The Hall–Kier alpha value is -1.02. The van der Waals surface area contributed by atoms with Crippen molar-refractivity contribution in [1.82, 2.24) is 0 Å². The fraction of sp³-hybridized carbons (Fsp3) is 0.647. The summed E-state index contributed by atoms with van der Waals surface area (Å²) in [5.74, 6) is 0.755. The summed E-state index contributed by atoms with van der Waals surface area (Å²) in [6.45, 7) is 6.88. The van der Waals surface area contributed by atoms with E-state index in [1.54, 1.807) is 0 Å². The van der Waals surface area contributed by atoms with Crippen LogP contribution in [-0.2, 0) is 6.42 Å². The number of nitrogens with zero attached hydrogens (tertiary/aromatic N) is 1. The van der Waals surface area contributed by atoms with E-state index in [-0.39, 0.29) is 0 Å². The molecule has 0 aromatic heterocycles. The molecule has 1 aliphatic rings. The van der Waals surface area contributed by atoms with E-state index in [1.807, 2.05) is 0 Å². The van der Waals surface area contributed by atoms with Crippen molar-refractivity contribution < 1.29 is 0 Å². The van der Waals surface area contributed by atoms with Gasteiger partial charge in [0.25, 0.3) is 0 Å². The van der Waals surface area contributed by atoms with E-state index in [0.717, 1.165) is 12.3 Å². The van der Waals surface area contributed by atoms with Crippen LogP contribution in [0.1, 0.15) is 45.1 Å². The van der Waals surface area contributed by atoms with Gasteiger partial charge in [-0.1, -0.05) is 31.5 Å². The van der Waals surface area contributed by atoms with Crippen molar-refractivity contribution in [3.63, 3.8) is 0 Å². The standard InChI is InChI=1S/C17H28N2/c1-14(7-5-8-15(2)18)13-19-12-6-10-16-9-3-4-11-17(16)19/h3-4,9,11,14-15H,5-8,10,12-13,18H2,1-2H3. The van der Waals surface area contributed by atoms with Gasteiger partial charge in [-0.3, -0.25) is 0 Å². The van der Waals surface area contributed by atoms with Gasteiger partial charge in [-0.15, -0.1) is 0 Å². The highest BCUT2D eigenvalue weighted by molar-refractivity contribution is 5.55. The molecule has 2 unspecified atom stereocenters. The molecule has 19 heavy (non-hydrogen) atoms. The molecule has 2 N–H and O–H groups in total. The molecule has 0 amide bonds. The second-order valence-electron chi connectivity index (χ2n) is 6.19. The van der Waals surface area contributed by atoms with Crippen molar-refractivity contribution in [2.75, 3.05) is 18.0 Å². The van der Waals surface area contributed by atoms with Crippen LogP contribution in [0.3, 0.4) is 0 Å². The van der Waals surface area contributed by atoms with Crippen molar-refractivity contribution in [2.45, 2.75) is 52.0 Å². The molecule has 2 atom stereocenters. The van der Waals surface area contributed by atoms with Crippen LogP contribution in [0.25, 0.3) is 0 Å². The lowest BCUT2D eigenvalue weighted by atomic mass is 9.98. The van der Waals surface area contributed by atoms with Crippen LogP contribution < -0.4 is 10.6 Å². The lowest BCUT2D eigenvalue weighted by molar-refractivity contribution is 0.468. The van der Waals surface area contributed by atoms with Crippen LogP contribution in [0, 0.1) is 5.92 Å². The van der Waals surface area contributed by atoms with Gasteiger partial charge >= 0.3 is 0 Å². The first-order chi connectivity index (χ1) is 9.16. The first-order valence-corrected chi connectivity index (χ1v) is 7.75. The van der Waals surface area contributed by atoms with Gasteiger partial charge in [-0.25, -0.2) is 0 Å². The lowest BCUT2D eigenvalue weighted by Gasteiger charge is -2.33. The summed E-state index contributed by atoms with van der Waals surface area (Å²) in [5.41, 5.74) is 8.81. The molecular weight excluding hydrogens is 232 g/mol. The van der Waals surface area contributed by atoms with E-state index in [0.29, 0.717) is 6.04 Å². The summed E-state index contributed by atoms with van der Waals surface area (Å²) in [4.78, 5) is 2.58. The maximum Gasteiger partial charge on any atom is 0.0398 e. The van der Waals surface area contributed by atoms with E-state index < -0.39 is 0 Å². The van der Waals surface area contributed by atoms with Gasteiger partial charge < -0.3 is 10.6 Å². The fourth-order valence-corrected chi connectivity index (χ4v) is 3.06. The SMILES string of the molecule is CC(N)CCCC(C)CN1CCCc2ccccc21. The monoisotopic (exact) mass is 260 g/mol. The van der Waals surface area contributed by atoms with Gasteiger partial charge in [0.05, 0.1) is 0 Å². The molecule has 0 radical (unpaired) electrons. The number of fused-ring (bicyclic) bond motifs is 1. The third-order valence-electron chi connectivity index (χ3n) is 4.09. The number of rotatable bonds is 6. The second-order valence-corrected chi connectivity index (χ2v) is 6.19. The molecule has 2 rings (SSSR count). The maximum absolute atomic E-state index is 5.82. The normalized spacial score (nSPS) is 17.9. The number of para-hydroxylation sites is 1. The van der Waals surface area contributed by atoms with Crippen molar-refractivity contribution in [2.24, 2.45) is 11.7 Å². The number of aryl methyl sites for hydroxylation is 1. The third-order valence-corrected chi connectivity index (χ3v) is 4.09. The van der Waals surface area contributed by atoms with E-state index in [4.69, 9.17) is 5.73 Å². The molecular formula is C17H28N2. The summed E-state index contributed by atoms with van der Waals surface area (Å²) in [7, 11) is 0. The zero-order chi connectivity index (χ0) is 13.7. The lowest BCUT2D eigenvalue weighted by Crippen LogP contribution is -2.33. The molecule has 1 aliphatic heterocycles. The third kappa shape index (κ3) is 4.24. The maximum atomic E-state index is 5.82. The smallest absolute Gasteiger partial charge is 0.0398 e. The molecule has 1 heterocycles. The van der Waals surface area contributed by atoms with Crippen LogP contribution in [0.15, 0.2) is 24.3 Å². The van der Waals surface area contributed by atoms with E-state index >= 15 is 0 Å². The summed E-state index contributed by atoms with van der Waals surface area (Å²) < 4.78 is 0. The molecule has 0 fully saturated rings. The molecule has 0 bridgehead atoms. The Balaban J connectivity index is 1.86. The number of hydrogen-bond acceptors (Lipinski definition) is 2. The summed E-state index contributed by atoms with van der Waals surface area (Å²) in [5, 5.41) is 0. The number of anilines is 1. The van der Waals surface area contributed by atoms with Gasteiger partial charge in [-0.2, -0.15) is 0 Å². The first-order valence-electron chi connectivity index (χ1n) is 7.75. The number of nitrogens with two attached hydrogens (primary N) is 1. The minimum atomic E-state index is 0.350. The average molecular weight is 260 g/mol. The van der Waals surface area contributed by atoms with Gasteiger partial charge in [0.1, 0.15) is 0 Å². The quantitative estimate of drug-likeness (QED) is 0.847. The Kier molecular flexibility index (Phi) is 5.26. The van der Waals surface area contributed by atoms with E-state index in [1.165, 1.54) is 50.0 Å². The van der Waals surface area contributed by atoms with Gasteiger partial charge in [0, 0.05) is 24.8 Å². The molecule has 0 saturated heterocycles. The molecule has 0 spiro atoms. The minimum absolute atomic E-state index is 0.350. The first kappa shape index (κ1) is 14.4. The van der Waals surface area contributed by atoms with Gasteiger partial charge in [0.2, 0.25) is 0 Å². The van der Waals surface area contributed by atoms with Crippen molar-refractivity contribution in [3.8, 4) is 0 Å². The van der Waals surface area contributed by atoms with Crippen LogP contribution >= 0.6 is 0 Å². The largest absolute Gasteiger partial charge is 0.371 e.